The summed E-state index contributed by atoms with van der Waals surface area (Å²) < 4.78 is 5.17. The standard InChI is InChI=1S/C20H25N3O2/c1-25-14-13-22-11-4-8-20(19(22)24)9-12-23(15-20)18-17-6-3-2-5-16(17)7-10-21-18/h2-3,5-7,10H,4,8-9,11-15H2,1H3/t20-/m0/s1. The number of pyridine rings is 1. The van der Waals surface area contributed by atoms with E-state index in [1.807, 2.05) is 17.2 Å². The third kappa shape index (κ3) is 2.86. The highest BCUT2D eigenvalue weighted by Gasteiger charge is 2.48. The number of carbonyl (C=O) groups excluding carboxylic acids is 1. The lowest BCUT2D eigenvalue weighted by Crippen LogP contribution is -2.51. The minimum Gasteiger partial charge on any atom is -0.383 e. The van der Waals surface area contributed by atoms with Gasteiger partial charge in [0, 0.05) is 44.9 Å². The Hall–Kier alpha value is -2.14. The van der Waals surface area contributed by atoms with Gasteiger partial charge in [-0.05, 0) is 30.7 Å². The Morgan fingerprint density at radius 3 is 2.96 bits per heavy atom. The summed E-state index contributed by atoms with van der Waals surface area (Å²) in [5.41, 5.74) is -0.245. The molecule has 4 rings (SSSR count). The highest BCUT2D eigenvalue weighted by molar-refractivity contribution is 5.93. The molecule has 5 heteroatoms. The lowest BCUT2D eigenvalue weighted by Gasteiger charge is -2.39. The molecule has 1 spiro atoms. The van der Waals surface area contributed by atoms with E-state index < -0.39 is 0 Å². The van der Waals surface area contributed by atoms with Crippen molar-refractivity contribution in [3.8, 4) is 0 Å². The topological polar surface area (TPSA) is 45.7 Å². The average molecular weight is 339 g/mol. The average Bonchev–Trinajstić information content (AvgIpc) is 3.07. The van der Waals surface area contributed by atoms with Gasteiger partial charge in [-0.15, -0.1) is 0 Å². The first-order chi connectivity index (χ1) is 12.2. The largest absolute Gasteiger partial charge is 0.383 e. The Bertz CT molecular complexity index is 773. The highest BCUT2D eigenvalue weighted by atomic mass is 16.5. The predicted molar refractivity (Wildman–Crippen MR) is 98.7 cm³/mol. The third-order valence-corrected chi connectivity index (χ3v) is 5.70. The lowest BCUT2D eigenvalue weighted by molar-refractivity contribution is -0.145. The lowest BCUT2D eigenvalue weighted by atomic mass is 9.78. The molecule has 1 amide bonds. The smallest absolute Gasteiger partial charge is 0.230 e. The van der Waals surface area contributed by atoms with Crippen LogP contribution < -0.4 is 4.90 Å². The van der Waals surface area contributed by atoms with Crippen molar-refractivity contribution in [2.45, 2.75) is 19.3 Å². The number of piperidine rings is 1. The van der Waals surface area contributed by atoms with Gasteiger partial charge in [0.15, 0.2) is 0 Å². The molecule has 0 saturated carbocycles. The number of amides is 1. The number of fused-ring (bicyclic) bond motifs is 1. The van der Waals surface area contributed by atoms with Crippen molar-refractivity contribution in [1.82, 2.24) is 9.88 Å². The minimum atomic E-state index is -0.245. The summed E-state index contributed by atoms with van der Waals surface area (Å²) in [6, 6.07) is 10.4. The second kappa shape index (κ2) is 6.64. The molecule has 5 nitrogen and oxygen atoms in total. The molecular formula is C20H25N3O2. The van der Waals surface area contributed by atoms with Crippen LogP contribution in [0.25, 0.3) is 10.8 Å². The first kappa shape index (κ1) is 16.3. The zero-order chi connectivity index (χ0) is 17.3. The van der Waals surface area contributed by atoms with Gasteiger partial charge < -0.3 is 14.5 Å². The fourth-order valence-corrected chi connectivity index (χ4v) is 4.35. The Morgan fingerprint density at radius 1 is 1.20 bits per heavy atom. The van der Waals surface area contributed by atoms with Crippen LogP contribution in [0.1, 0.15) is 19.3 Å². The molecule has 0 aliphatic carbocycles. The molecule has 1 aromatic heterocycles. The normalized spacial score (nSPS) is 23.8. The molecular weight excluding hydrogens is 314 g/mol. The summed E-state index contributed by atoms with van der Waals surface area (Å²) >= 11 is 0. The van der Waals surface area contributed by atoms with Gasteiger partial charge in [-0.25, -0.2) is 4.98 Å². The van der Waals surface area contributed by atoms with Gasteiger partial charge in [0.2, 0.25) is 5.91 Å². The van der Waals surface area contributed by atoms with Crippen LogP contribution in [0.2, 0.25) is 0 Å². The van der Waals surface area contributed by atoms with E-state index in [9.17, 15) is 4.79 Å². The summed E-state index contributed by atoms with van der Waals surface area (Å²) in [4.78, 5) is 22.1. The van der Waals surface area contributed by atoms with Crippen molar-refractivity contribution in [1.29, 1.82) is 0 Å². The van der Waals surface area contributed by atoms with E-state index in [0.717, 1.165) is 44.7 Å². The molecule has 2 saturated heterocycles. The number of ether oxygens (including phenoxy) is 1. The van der Waals surface area contributed by atoms with E-state index >= 15 is 0 Å². The molecule has 2 aliphatic heterocycles. The van der Waals surface area contributed by atoms with Crippen LogP contribution in [0.15, 0.2) is 36.5 Å². The van der Waals surface area contributed by atoms with Crippen LogP contribution >= 0.6 is 0 Å². The fraction of sp³-hybridized carbons (Fsp3) is 0.500. The number of anilines is 1. The van der Waals surface area contributed by atoms with Gasteiger partial charge in [-0.2, -0.15) is 0 Å². The predicted octanol–water partition coefficient (Wildman–Crippen LogP) is 2.70. The van der Waals surface area contributed by atoms with Gasteiger partial charge in [0.1, 0.15) is 5.82 Å². The zero-order valence-corrected chi connectivity index (χ0v) is 14.8. The first-order valence-electron chi connectivity index (χ1n) is 9.10. The van der Waals surface area contributed by atoms with Gasteiger partial charge in [-0.3, -0.25) is 4.79 Å². The number of carbonyl (C=O) groups is 1. The van der Waals surface area contributed by atoms with Gasteiger partial charge in [0.25, 0.3) is 0 Å². The van der Waals surface area contributed by atoms with E-state index in [4.69, 9.17) is 4.74 Å². The second-order valence-corrected chi connectivity index (χ2v) is 7.20. The van der Waals surface area contributed by atoms with Crippen molar-refractivity contribution < 1.29 is 9.53 Å². The minimum absolute atomic E-state index is 0.245. The van der Waals surface area contributed by atoms with Crippen LogP contribution in [0, 0.1) is 5.41 Å². The van der Waals surface area contributed by atoms with Gasteiger partial charge >= 0.3 is 0 Å². The van der Waals surface area contributed by atoms with Gasteiger partial charge in [-0.1, -0.05) is 24.3 Å². The Labute approximate surface area is 148 Å². The maximum Gasteiger partial charge on any atom is 0.230 e. The quantitative estimate of drug-likeness (QED) is 0.859. The Balaban J connectivity index is 1.59. The van der Waals surface area contributed by atoms with Crippen LogP contribution in [-0.2, 0) is 9.53 Å². The van der Waals surface area contributed by atoms with E-state index in [0.29, 0.717) is 19.1 Å². The van der Waals surface area contributed by atoms with Crippen LogP contribution in [0.4, 0.5) is 5.82 Å². The summed E-state index contributed by atoms with van der Waals surface area (Å²) in [6.07, 6.45) is 4.85. The number of likely N-dealkylation sites (tertiary alicyclic amines) is 1. The van der Waals surface area contributed by atoms with Crippen molar-refractivity contribution in [2.75, 3.05) is 44.8 Å². The molecule has 1 aromatic carbocycles. The molecule has 0 bridgehead atoms. The second-order valence-electron chi connectivity index (χ2n) is 7.20. The number of nitrogens with zero attached hydrogens (tertiary/aromatic N) is 3. The summed E-state index contributed by atoms with van der Waals surface area (Å²) in [6.45, 7) is 3.83. The molecule has 2 fully saturated rings. The summed E-state index contributed by atoms with van der Waals surface area (Å²) in [7, 11) is 1.69. The van der Waals surface area contributed by atoms with Crippen LogP contribution in [0.5, 0.6) is 0 Å². The van der Waals surface area contributed by atoms with E-state index in [-0.39, 0.29) is 5.41 Å². The van der Waals surface area contributed by atoms with Crippen molar-refractivity contribution >= 4 is 22.5 Å². The maximum absolute atomic E-state index is 13.1. The maximum atomic E-state index is 13.1. The Kier molecular flexibility index (Phi) is 4.34. The molecule has 0 unspecified atom stereocenters. The molecule has 2 aromatic rings. The molecule has 132 valence electrons. The molecule has 25 heavy (non-hydrogen) atoms. The van der Waals surface area contributed by atoms with E-state index in [1.165, 1.54) is 10.8 Å². The van der Waals surface area contributed by atoms with Crippen molar-refractivity contribution in [3.63, 3.8) is 0 Å². The number of rotatable bonds is 4. The molecule has 3 heterocycles. The molecule has 0 N–H and O–H groups in total. The third-order valence-electron chi connectivity index (χ3n) is 5.70. The van der Waals surface area contributed by atoms with E-state index in [2.05, 4.69) is 34.1 Å². The number of aromatic nitrogens is 1. The molecule has 0 radical (unpaired) electrons. The number of benzene rings is 1. The van der Waals surface area contributed by atoms with Crippen molar-refractivity contribution in [3.05, 3.63) is 36.5 Å². The first-order valence-corrected chi connectivity index (χ1v) is 9.10. The number of hydrogen-bond donors (Lipinski definition) is 0. The van der Waals surface area contributed by atoms with Crippen LogP contribution in [-0.4, -0.2) is 55.7 Å². The molecule has 2 aliphatic rings. The van der Waals surface area contributed by atoms with Crippen LogP contribution in [0.3, 0.4) is 0 Å². The van der Waals surface area contributed by atoms with Crippen molar-refractivity contribution in [2.24, 2.45) is 5.41 Å². The van der Waals surface area contributed by atoms with E-state index in [1.54, 1.807) is 7.11 Å². The summed E-state index contributed by atoms with van der Waals surface area (Å²) in [5, 5.41) is 2.37. The van der Waals surface area contributed by atoms with Gasteiger partial charge in [0.05, 0.1) is 12.0 Å². The fourth-order valence-electron chi connectivity index (χ4n) is 4.35. The number of methoxy groups -OCH3 is 1. The summed E-state index contributed by atoms with van der Waals surface area (Å²) in [5.74, 6) is 1.32. The highest BCUT2D eigenvalue weighted by Crippen LogP contribution is 2.42. The monoisotopic (exact) mass is 339 g/mol. The number of hydrogen-bond acceptors (Lipinski definition) is 4. The Morgan fingerprint density at radius 2 is 2.08 bits per heavy atom. The zero-order valence-electron chi connectivity index (χ0n) is 14.8. The SMILES string of the molecule is COCCN1CCC[C@@]2(CCN(c3nccc4ccccc34)C2)C1=O. The molecule has 1 atom stereocenters.